The van der Waals surface area contributed by atoms with Gasteiger partial charge in [-0.3, -0.25) is 0 Å². The van der Waals surface area contributed by atoms with Crippen LogP contribution in [0.4, 0.5) is 11.4 Å². The summed E-state index contributed by atoms with van der Waals surface area (Å²) < 4.78 is 2.45. The van der Waals surface area contributed by atoms with Crippen molar-refractivity contribution in [1.82, 2.24) is 0 Å². The average Bonchev–Trinajstić information content (AvgIpc) is 3.13. The molecular formula is C27H31N2+. The average molecular weight is 384 g/mol. The third-order valence-electron chi connectivity index (χ3n) is 5.96. The molecule has 1 atom stereocenters. The lowest BCUT2D eigenvalue weighted by Gasteiger charge is -2.22. The molecule has 0 unspecified atom stereocenters. The molecule has 3 aromatic carbocycles. The quantitative estimate of drug-likeness (QED) is 0.466. The Bertz CT molecular complexity index is 1020. The molecule has 0 aliphatic carbocycles. The van der Waals surface area contributed by atoms with E-state index in [9.17, 15) is 0 Å². The second-order valence-electron chi connectivity index (χ2n) is 8.62. The largest absolute Gasteiger partial charge is 0.245 e. The van der Waals surface area contributed by atoms with Crippen LogP contribution in [0.15, 0.2) is 66.7 Å². The van der Waals surface area contributed by atoms with Crippen molar-refractivity contribution >= 4 is 17.7 Å². The maximum absolute atomic E-state index is 2.49. The van der Waals surface area contributed by atoms with Gasteiger partial charge in [0.25, 0.3) is 0 Å². The second-order valence-corrected chi connectivity index (χ2v) is 8.62. The number of nitrogens with zero attached hydrogens (tertiary/aromatic N) is 2. The topological polar surface area (TPSA) is 6.25 Å². The Morgan fingerprint density at radius 2 is 1.48 bits per heavy atom. The van der Waals surface area contributed by atoms with Gasteiger partial charge in [0.15, 0.2) is 0 Å². The van der Waals surface area contributed by atoms with E-state index in [1.165, 1.54) is 39.2 Å². The number of anilines is 1. The van der Waals surface area contributed by atoms with Gasteiger partial charge in [-0.05, 0) is 49.4 Å². The summed E-state index contributed by atoms with van der Waals surface area (Å²) >= 11 is 0. The van der Waals surface area contributed by atoms with E-state index in [1.54, 1.807) is 0 Å². The minimum Gasteiger partial charge on any atom is -0.229 e. The number of benzene rings is 3. The highest BCUT2D eigenvalue weighted by molar-refractivity contribution is 5.89. The first-order chi connectivity index (χ1) is 14.0. The summed E-state index contributed by atoms with van der Waals surface area (Å²) in [6.45, 7) is 12.3. The Morgan fingerprint density at radius 1 is 0.862 bits per heavy atom. The molecular weight excluding hydrogens is 352 g/mol. The fourth-order valence-electron chi connectivity index (χ4n) is 4.68. The molecule has 0 fully saturated rings. The minimum atomic E-state index is 0.431. The van der Waals surface area contributed by atoms with Crippen LogP contribution in [0.2, 0.25) is 0 Å². The third-order valence-corrected chi connectivity index (χ3v) is 5.96. The van der Waals surface area contributed by atoms with Crippen LogP contribution in [0.25, 0.3) is 11.1 Å². The number of hydrogen-bond donors (Lipinski definition) is 0. The smallest absolute Gasteiger partial charge is 0.229 e. The lowest BCUT2D eigenvalue weighted by atomic mass is 9.99. The van der Waals surface area contributed by atoms with Gasteiger partial charge in [-0.1, -0.05) is 80.1 Å². The highest BCUT2D eigenvalue weighted by atomic mass is 15.3. The normalized spacial score (nSPS) is 16.4. The van der Waals surface area contributed by atoms with Crippen molar-refractivity contribution in [3.05, 3.63) is 83.4 Å². The standard InChI is InChI=1S/C27H31N2/c1-19(2)26-17-28(27-21(4)15-20(3)16-22(27)5)18-29(26)25-14-10-9-13-24(25)23-11-7-6-8-12-23/h6-16,18-19,26H,17H2,1-5H3/q+1/t26-/m1/s1. The summed E-state index contributed by atoms with van der Waals surface area (Å²) in [5, 5.41) is 0. The van der Waals surface area contributed by atoms with Gasteiger partial charge in [0.2, 0.25) is 6.34 Å². The molecule has 148 valence electrons. The monoisotopic (exact) mass is 383 g/mol. The van der Waals surface area contributed by atoms with Crippen LogP contribution >= 0.6 is 0 Å². The van der Waals surface area contributed by atoms with Crippen LogP contribution in [-0.2, 0) is 0 Å². The fraction of sp³-hybridized carbons (Fsp3) is 0.296. The zero-order valence-electron chi connectivity index (χ0n) is 18.2. The fourth-order valence-corrected chi connectivity index (χ4v) is 4.68. The Morgan fingerprint density at radius 3 is 2.14 bits per heavy atom. The SMILES string of the molecule is Cc1cc(C)c([N+]2=CN(c3ccccc3-c3ccccc3)[C@@H](C(C)C)C2)c(C)c1. The molecule has 0 saturated heterocycles. The Balaban J connectivity index is 1.83. The maximum atomic E-state index is 2.49. The van der Waals surface area contributed by atoms with Crippen molar-refractivity contribution in [3.8, 4) is 11.1 Å². The maximum Gasteiger partial charge on any atom is 0.245 e. The number of rotatable bonds is 4. The molecule has 0 radical (unpaired) electrons. The van der Waals surface area contributed by atoms with Gasteiger partial charge in [-0.15, -0.1) is 0 Å². The second kappa shape index (κ2) is 7.87. The Hall–Kier alpha value is -2.87. The van der Waals surface area contributed by atoms with Crippen molar-refractivity contribution in [2.45, 2.75) is 40.7 Å². The molecule has 0 spiro atoms. The van der Waals surface area contributed by atoms with Gasteiger partial charge >= 0.3 is 0 Å². The Kier molecular flexibility index (Phi) is 5.27. The molecule has 0 aromatic heterocycles. The summed E-state index contributed by atoms with van der Waals surface area (Å²) in [6.07, 6.45) is 2.33. The van der Waals surface area contributed by atoms with E-state index in [0.717, 1.165) is 6.54 Å². The van der Waals surface area contributed by atoms with Crippen LogP contribution in [0.3, 0.4) is 0 Å². The van der Waals surface area contributed by atoms with Gasteiger partial charge < -0.3 is 0 Å². The van der Waals surface area contributed by atoms with E-state index < -0.39 is 0 Å². The van der Waals surface area contributed by atoms with Gasteiger partial charge in [0, 0.05) is 5.56 Å². The third kappa shape index (κ3) is 3.72. The molecule has 0 bridgehead atoms. The van der Waals surface area contributed by atoms with Crippen molar-refractivity contribution in [1.29, 1.82) is 0 Å². The van der Waals surface area contributed by atoms with E-state index in [-0.39, 0.29) is 0 Å². The summed E-state index contributed by atoms with van der Waals surface area (Å²) in [4.78, 5) is 2.49. The highest BCUT2D eigenvalue weighted by Crippen LogP contribution is 2.36. The van der Waals surface area contributed by atoms with Gasteiger partial charge in [0.1, 0.15) is 24.0 Å². The summed E-state index contributed by atoms with van der Waals surface area (Å²) in [5.74, 6) is 0.547. The number of aryl methyl sites for hydroxylation is 3. The molecule has 4 rings (SSSR count). The first-order valence-electron chi connectivity index (χ1n) is 10.6. The molecule has 0 saturated carbocycles. The van der Waals surface area contributed by atoms with E-state index >= 15 is 0 Å². The predicted octanol–water partition coefficient (Wildman–Crippen LogP) is 6.50. The van der Waals surface area contributed by atoms with Crippen LogP contribution in [0.1, 0.15) is 30.5 Å². The van der Waals surface area contributed by atoms with Crippen molar-refractivity contribution in [2.75, 3.05) is 11.4 Å². The summed E-state index contributed by atoms with van der Waals surface area (Å²) in [6, 6.07) is 24.5. The van der Waals surface area contributed by atoms with E-state index in [2.05, 4.69) is 117 Å². The summed E-state index contributed by atoms with van der Waals surface area (Å²) in [5.41, 5.74) is 9.20. The lowest BCUT2D eigenvalue weighted by Crippen LogP contribution is -2.36. The van der Waals surface area contributed by atoms with Crippen molar-refractivity contribution in [2.24, 2.45) is 5.92 Å². The molecule has 0 amide bonds. The van der Waals surface area contributed by atoms with E-state index in [0.29, 0.717) is 12.0 Å². The van der Waals surface area contributed by atoms with Crippen LogP contribution < -0.4 is 4.90 Å². The zero-order chi connectivity index (χ0) is 20.5. The molecule has 2 nitrogen and oxygen atoms in total. The van der Waals surface area contributed by atoms with Gasteiger partial charge in [-0.2, -0.15) is 0 Å². The van der Waals surface area contributed by atoms with Crippen molar-refractivity contribution in [3.63, 3.8) is 0 Å². The number of hydrogen-bond acceptors (Lipinski definition) is 1. The lowest BCUT2D eigenvalue weighted by molar-refractivity contribution is -0.430. The first-order valence-corrected chi connectivity index (χ1v) is 10.6. The highest BCUT2D eigenvalue weighted by Gasteiger charge is 2.38. The van der Waals surface area contributed by atoms with Crippen LogP contribution in [0.5, 0.6) is 0 Å². The van der Waals surface area contributed by atoms with Gasteiger partial charge in [0.05, 0.1) is 0 Å². The van der Waals surface area contributed by atoms with E-state index in [1.807, 2.05) is 0 Å². The van der Waals surface area contributed by atoms with Crippen LogP contribution in [-0.4, -0.2) is 23.5 Å². The molecule has 1 aliphatic heterocycles. The summed E-state index contributed by atoms with van der Waals surface area (Å²) in [7, 11) is 0. The van der Waals surface area contributed by atoms with Crippen molar-refractivity contribution < 1.29 is 4.58 Å². The Labute approximate surface area is 175 Å². The molecule has 2 heteroatoms. The number of para-hydroxylation sites is 1. The molecule has 29 heavy (non-hydrogen) atoms. The molecule has 0 N–H and O–H groups in total. The molecule has 1 heterocycles. The molecule has 3 aromatic rings. The van der Waals surface area contributed by atoms with E-state index in [4.69, 9.17) is 0 Å². The first kappa shape index (κ1) is 19.4. The minimum absolute atomic E-state index is 0.431. The van der Waals surface area contributed by atoms with Gasteiger partial charge in [-0.25, -0.2) is 9.48 Å². The zero-order valence-corrected chi connectivity index (χ0v) is 18.2. The predicted molar refractivity (Wildman–Crippen MR) is 124 cm³/mol. The molecule has 1 aliphatic rings. The van der Waals surface area contributed by atoms with Crippen LogP contribution in [0, 0.1) is 26.7 Å².